The largest absolute Gasteiger partial charge is 0.508 e. The third kappa shape index (κ3) is 32.8. The van der Waals surface area contributed by atoms with Crippen LogP contribution in [0.3, 0.4) is 0 Å². The molecule has 1 fully saturated rings. The number of phenols is 1. The molecule has 0 spiro atoms. The number of amides is 12. The summed E-state index contributed by atoms with van der Waals surface area (Å²) < 4.78 is 0. The van der Waals surface area contributed by atoms with E-state index in [9.17, 15) is 62.6 Å². The summed E-state index contributed by atoms with van der Waals surface area (Å²) in [6.07, 6.45) is 3.91. The molecule has 0 aliphatic carbocycles. The number of likely N-dealkylation sites (tertiary alicyclic amines) is 1. The zero-order valence-corrected chi connectivity index (χ0v) is 60.2. The van der Waals surface area contributed by atoms with Gasteiger partial charge in [-0.2, -0.15) is 37.0 Å². The zero-order valence-electron chi connectivity index (χ0n) is 57.6. The molecule has 1 aromatic carbocycles. The Bertz CT molecular complexity index is 2930. The monoisotopic (exact) mass is 1450 g/mol. The average molecular weight is 1450 g/mol. The van der Waals surface area contributed by atoms with E-state index in [2.05, 4.69) is 93.4 Å². The molecule has 0 aromatic heterocycles. The first-order valence-corrected chi connectivity index (χ1v) is 35.7. The van der Waals surface area contributed by atoms with Crippen molar-refractivity contribution in [2.45, 2.75) is 198 Å². The minimum atomic E-state index is -1.47. The van der Waals surface area contributed by atoms with Crippen molar-refractivity contribution in [1.29, 1.82) is 0 Å². The van der Waals surface area contributed by atoms with E-state index in [1.807, 2.05) is 20.8 Å². The van der Waals surface area contributed by atoms with E-state index >= 15 is 0 Å². The summed E-state index contributed by atoms with van der Waals surface area (Å²) in [5.41, 5.74) is 39.1. The van der Waals surface area contributed by atoms with Crippen molar-refractivity contribution in [2.75, 3.05) is 49.7 Å². The fourth-order valence-corrected chi connectivity index (χ4v) is 11.4. The van der Waals surface area contributed by atoms with Gasteiger partial charge in [-0.1, -0.05) is 59.6 Å². The molecule has 34 nitrogen and oxygen atoms in total. The lowest BCUT2D eigenvalue weighted by atomic mass is 9.99. The summed E-state index contributed by atoms with van der Waals surface area (Å²) in [6, 6.07) is -8.21. The van der Waals surface area contributed by atoms with Crippen molar-refractivity contribution in [3.63, 3.8) is 0 Å². The Labute approximate surface area is 593 Å². The van der Waals surface area contributed by atoms with E-state index in [1.54, 1.807) is 20.1 Å². The van der Waals surface area contributed by atoms with Crippen LogP contribution in [0.2, 0.25) is 0 Å². The van der Waals surface area contributed by atoms with Gasteiger partial charge in [-0.05, 0) is 112 Å². The predicted molar refractivity (Wildman–Crippen MR) is 385 cm³/mol. The van der Waals surface area contributed by atoms with E-state index < -0.39 is 143 Å². The minimum Gasteiger partial charge on any atom is -0.508 e. The topological polar surface area (TPSA) is 568 Å². The number of thiol groups is 2. The number of guanidine groups is 3. The molecule has 25 N–H and O–H groups in total. The Morgan fingerprint density at radius 1 is 0.535 bits per heavy atom. The smallest absolute Gasteiger partial charge is 0.245 e. The van der Waals surface area contributed by atoms with Crippen LogP contribution >= 0.6 is 37.0 Å². The molecule has 2 rings (SSSR count). The predicted octanol–water partition coefficient (Wildman–Crippen LogP) is -4.06. The van der Waals surface area contributed by atoms with E-state index in [0.717, 1.165) is 0 Å². The number of rotatable bonds is 46. The first-order valence-electron chi connectivity index (χ1n) is 33.0. The Morgan fingerprint density at radius 3 is 1.40 bits per heavy atom. The van der Waals surface area contributed by atoms with Crippen LogP contribution in [0.15, 0.2) is 39.2 Å². The standard InChI is InChI=1S/C62H107N21O13S3/c1-8-9-14-39(75-54(91)43(29-33(2)3)78-52(89)41(23-28-99-7)76-56(93)46(32-98)81-50(87)38(73-35(6)84)15-10-24-70-60(64)65)51(88)74-40(16-11-25-71-61(66)67)53(90)82-48(34(4)5)58(95)79-44(30-36-19-21-37(85)22-20-36)55(92)77-42(17-12-26-72-62(68)69)59(96)83-27-13-18-47(83)57(94)80-45(31-97)49(63)86/h19-22,33-34,38-48,85,97-98H,8-18,23-32H2,1-7H3,(H2,63,86)(H,73,84)(H,74,88)(H,75,91)(H,76,93)(H,77,92)(H,78,89)(H,79,95)(H,80,94)(H,81,87)(H,82,90)(H4,64,65,70)(H4,66,67,71)(H4,68,69,72)/t38-,39+,40-,41-,42-,43-,44-,45-,46-,47-,48-/m0/s1. The number of phenolic OH excluding ortho intramolecular Hbond substituents is 1. The molecule has 1 aliphatic heterocycles. The SMILES string of the molecule is CCCC[C@@H](NC(=O)[C@H](CC(C)C)NC(=O)[C@H](CCSC)NC(=O)[C@H](CS)NC(=O)[C@H](CCCN=C(N)N)NC(C)=O)C(=O)N[C@@H](CCCN=C(N)N)C(=O)N[C@H](C(=O)N[C@@H](Cc1ccc(O)cc1)C(=O)N[C@@H](CCCN=C(N)N)C(=O)N1CCC[C@H]1C(=O)N[C@@H](CS)C(N)=O)C(C)C. The normalized spacial score (nSPS) is 15.6. The van der Waals surface area contributed by atoms with Gasteiger partial charge in [0, 0.05) is 51.0 Å². The Kier molecular flexibility index (Phi) is 40.2. The number of nitrogens with zero attached hydrogens (tertiary/aromatic N) is 4. The summed E-state index contributed by atoms with van der Waals surface area (Å²) in [5, 5.41) is 37.0. The van der Waals surface area contributed by atoms with Gasteiger partial charge in [-0.15, -0.1) is 0 Å². The van der Waals surface area contributed by atoms with Crippen LogP contribution in [0, 0.1) is 11.8 Å². The second kappa shape index (κ2) is 46.0. The lowest BCUT2D eigenvalue weighted by Crippen LogP contribution is -2.61. The number of benzene rings is 1. The van der Waals surface area contributed by atoms with Crippen molar-refractivity contribution >= 4 is 126 Å². The molecule has 0 unspecified atom stereocenters. The second-order valence-corrected chi connectivity index (χ2v) is 26.4. The molecule has 0 bridgehead atoms. The number of primary amides is 1. The van der Waals surface area contributed by atoms with Gasteiger partial charge >= 0.3 is 0 Å². The molecule has 1 aliphatic rings. The van der Waals surface area contributed by atoms with Crippen LogP contribution in [0.5, 0.6) is 5.75 Å². The highest BCUT2D eigenvalue weighted by Crippen LogP contribution is 2.22. The minimum absolute atomic E-state index is 0.0100. The molecule has 1 saturated heterocycles. The van der Waals surface area contributed by atoms with Crippen LogP contribution in [-0.2, 0) is 64.0 Å². The van der Waals surface area contributed by atoms with Crippen LogP contribution < -0.4 is 93.3 Å². The van der Waals surface area contributed by atoms with E-state index in [0.29, 0.717) is 37.0 Å². The lowest BCUT2D eigenvalue weighted by Gasteiger charge is -2.31. The fourth-order valence-electron chi connectivity index (χ4n) is 10.4. The van der Waals surface area contributed by atoms with Crippen molar-refractivity contribution in [3.05, 3.63) is 29.8 Å². The highest BCUT2D eigenvalue weighted by molar-refractivity contribution is 7.98. The van der Waals surface area contributed by atoms with Gasteiger partial charge in [-0.25, -0.2) is 0 Å². The van der Waals surface area contributed by atoms with E-state index in [1.165, 1.54) is 47.9 Å². The summed E-state index contributed by atoms with van der Waals surface area (Å²) in [4.78, 5) is 180. The fraction of sp³-hybridized carbons (Fsp3) is 0.661. The first-order chi connectivity index (χ1) is 46.8. The number of aliphatic imine (C=N–C) groups is 3. The van der Waals surface area contributed by atoms with Gasteiger partial charge in [0.05, 0.1) is 0 Å². The first kappa shape index (κ1) is 86.6. The number of nitrogens with one attached hydrogen (secondary N) is 10. The molecular weight excluding hydrogens is 1340 g/mol. The van der Waals surface area contributed by atoms with Gasteiger partial charge < -0.3 is 103 Å². The van der Waals surface area contributed by atoms with Crippen molar-refractivity contribution in [3.8, 4) is 5.75 Å². The van der Waals surface area contributed by atoms with E-state index in [-0.39, 0.29) is 131 Å². The van der Waals surface area contributed by atoms with Gasteiger partial charge in [0.25, 0.3) is 0 Å². The number of carbonyl (C=O) groups is 12. The quantitative estimate of drug-likeness (QED) is 0.0128. The summed E-state index contributed by atoms with van der Waals surface area (Å²) in [7, 11) is 0. The third-order valence-electron chi connectivity index (χ3n) is 15.6. The van der Waals surface area contributed by atoms with Crippen LogP contribution in [0.4, 0.5) is 0 Å². The summed E-state index contributed by atoms with van der Waals surface area (Å²) >= 11 is 9.78. The number of unbranched alkanes of at least 4 members (excludes halogenated alkanes) is 1. The Hall–Kier alpha value is -8.48. The number of nitrogens with two attached hydrogens (primary N) is 7. The maximum atomic E-state index is 14.7. The molecule has 12 amide bonds. The molecule has 1 heterocycles. The number of hydrogen-bond donors (Lipinski definition) is 20. The number of aromatic hydroxyl groups is 1. The lowest BCUT2D eigenvalue weighted by molar-refractivity contribution is -0.142. The maximum Gasteiger partial charge on any atom is 0.245 e. The van der Waals surface area contributed by atoms with Gasteiger partial charge in [0.2, 0.25) is 70.9 Å². The molecule has 556 valence electrons. The molecule has 1 aromatic rings. The molecule has 0 saturated carbocycles. The van der Waals surface area contributed by atoms with E-state index in [4.69, 9.17) is 40.1 Å². The average Bonchev–Trinajstić information content (AvgIpc) is 1.77. The molecule has 0 radical (unpaired) electrons. The van der Waals surface area contributed by atoms with Crippen LogP contribution in [0.1, 0.15) is 131 Å². The van der Waals surface area contributed by atoms with Crippen molar-refractivity contribution < 1.29 is 62.6 Å². The summed E-state index contributed by atoms with van der Waals surface area (Å²) in [5.74, 6) is -10.6. The third-order valence-corrected chi connectivity index (χ3v) is 17.0. The van der Waals surface area contributed by atoms with Crippen molar-refractivity contribution in [2.24, 2.45) is 66.9 Å². The number of thioether (sulfide) groups is 1. The van der Waals surface area contributed by atoms with Crippen LogP contribution in [-0.4, -0.2) is 215 Å². The van der Waals surface area contributed by atoms with Crippen molar-refractivity contribution in [1.82, 2.24) is 58.1 Å². The molecular formula is C62H107N21O13S3. The zero-order chi connectivity index (χ0) is 74.5. The molecule has 37 heteroatoms. The number of carbonyl (C=O) groups excluding carboxylic acids is 12. The van der Waals surface area contributed by atoms with Gasteiger partial charge in [-0.3, -0.25) is 72.5 Å². The summed E-state index contributed by atoms with van der Waals surface area (Å²) in [6.45, 7) is 10.3. The van der Waals surface area contributed by atoms with Gasteiger partial charge in [0.1, 0.15) is 72.2 Å². The Morgan fingerprint density at radius 2 is 0.949 bits per heavy atom. The maximum absolute atomic E-state index is 14.7. The highest BCUT2D eigenvalue weighted by Gasteiger charge is 2.41. The highest BCUT2D eigenvalue weighted by atomic mass is 32.2. The molecule has 99 heavy (non-hydrogen) atoms. The Balaban J connectivity index is 2.55. The van der Waals surface area contributed by atoms with Crippen LogP contribution in [0.25, 0.3) is 0 Å². The second-order valence-electron chi connectivity index (χ2n) is 24.7. The van der Waals surface area contributed by atoms with Gasteiger partial charge in [0.15, 0.2) is 17.9 Å². The number of hydrogen-bond acceptors (Lipinski definition) is 19. The molecule has 11 atom stereocenters.